The number of aliphatic hydroxyl groups is 1. The van der Waals surface area contributed by atoms with Crippen LogP contribution in [0.15, 0.2) is 48.5 Å². The highest BCUT2D eigenvalue weighted by atomic mass is 16.5. The van der Waals surface area contributed by atoms with Crippen molar-refractivity contribution < 1.29 is 24.2 Å². The molecule has 7 heteroatoms. The number of hydrogen-bond acceptors (Lipinski definition) is 5. The number of hydrogen-bond donors (Lipinski definition) is 2. The Hall–Kier alpha value is -2.90. The van der Waals surface area contributed by atoms with Crippen LogP contribution in [0.25, 0.3) is 0 Å². The largest absolute Gasteiger partial charge is 0.496 e. The molecular weight excluding hydrogens is 384 g/mol. The van der Waals surface area contributed by atoms with Crippen molar-refractivity contribution in [2.45, 2.75) is 26.0 Å². The number of amides is 2. The van der Waals surface area contributed by atoms with Crippen molar-refractivity contribution in [2.24, 2.45) is 5.92 Å². The van der Waals surface area contributed by atoms with Crippen LogP contribution >= 0.6 is 0 Å². The lowest BCUT2D eigenvalue weighted by molar-refractivity contribution is -0.161. The molecule has 1 fully saturated rings. The van der Waals surface area contributed by atoms with Gasteiger partial charge in [-0.1, -0.05) is 38.1 Å². The Kier molecular flexibility index (Phi) is 7.07. The number of para-hydroxylation sites is 1. The maximum absolute atomic E-state index is 12.6. The highest BCUT2D eigenvalue weighted by molar-refractivity contribution is 6.06. The van der Waals surface area contributed by atoms with E-state index < -0.39 is 12.1 Å². The lowest BCUT2D eigenvalue weighted by Gasteiger charge is -2.41. The molecule has 1 heterocycles. The number of benzene rings is 2. The van der Waals surface area contributed by atoms with Crippen molar-refractivity contribution >= 4 is 17.5 Å². The fraction of sp³-hybridized carbons (Fsp3) is 0.391. The van der Waals surface area contributed by atoms with Gasteiger partial charge in [-0.25, -0.2) is 0 Å². The highest BCUT2D eigenvalue weighted by Crippen LogP contribution is 2.30. The lowest BCUT2D eigenvalue weighted by atomic mass is 9.98. The molecule has 7 nitrogen and oxygen atoms in total. The number of methoxy groups -OCH3 is 1. The predicted molar refractivity (Wildman–Crippen MR) is 114 cm³/mol. The number of anilines is 1. The summed E-state index contributed by atoms with van der Waals surface area (Å²) in [5, 5.41) is 12.8. The minimum absolute atomic E-state index is 0.0137. The molecule has 2 aromatic carbocycles. The Balaban J connectivity index is 1.74. The maximum atomic E-state index is 12.6. The predicted octanol–water partition coefficient (Wildman–Crippen LogP) is 2.86. The Labute approximate surface area is 176 Å². The second kappa shape index (κ2) is 9.73. The molecule has 2 amide bonds. The van der Waals surface area contributed by atoms with Gasteiger partial charge in [-0.15, -0.1) is 0 Å². The molecule has 0 aliphatic carbocycles. The van der Waals surface area contributed by atoms with Crippen LogP contribution in [0.5, 0.6) is 5.75 Å². The van der Waals surface area contributed by atoms with E-state index in [4.69, 9.17) is 9.47 Å². The van der Waals surface area contributed by atoms with Crippen LogP contribution in [0, 0.1) is 5.92 Å². The molecule has 0 spiro atoms. The summed E-state index contributed by atoms with van der Waals surface area (Å²) in [5.41, 5.74) is 1.91. The molecule has 0 aromatic heterocycles. The normalized spacial score (nSPS) is 19.1. The number of carbonyl (C=O) groups is 2. The third-order valence-electron chi connectivity index (χ3n) is 5.05. The van der Waals surface area contributed by atoms with Gasteiger partial charge in [0, 0.05) is 12.2 Å². The topological polar surface area (TPSA) is 88.1 Å². The fourth-order valence-electron chi connectivity index (χ4n) is 3.63. The van der Waals surface area contributed by atoms with E-state index in [9.17, 15) is 14.7 Å². The molecule has 1 aliphatic rings. The number of carbonyl (C=O) groups excluding carboxylic acids is 2. The van der Waals surface area contributed by atoms with Crippen LogP contribution in [0.2, 0.25) is 0 Å². The van der Waals surface area contributed by atoms with Crippen molar-refractivity contribution in [3.8, 4) is 5.75 Å². The lowest BCUT2D eigenvalue weighted by Crippen LogP contribution is -2.53. The van der Waals surface area contributed by atoms with Gasteiger partial charge in [0.05, 0.1) is 25.3 Å². The zero-order chi connectivity index (χ0) is 21.7. The summed E-state index contributed by atoms with van der Waals surface area (Å²) in [6, 6.07) is 13.8. The summed E-state index contributed by atoms with van der Waals surface area (Å²) in [5.74, 6) is 0.410. The molecule has 160 valence electrons. The van der Waals surface area contributed by atoms with E-state index in [0.29, 0.717) is 23.5 Å². The van der Waals surface area contributed by atoms with Gasteiger partial charge in [0.1, 0.15) is 18.5 Å². The van der Waals surface area contributed by atoms with E-state index in [1.165, 1.54) is 7.11 Å². The third-order valence-corrected chi connectivity index (χ3v) is 5.05. The minimum Gasteiger partial charge on any atom is -0.496 e. The van der Waals surface area contributed by atoms with Crippen LogP contribution in [-0.4, -0.2) is 54.7 Å². The number of morpholine rings is 1. The summed E-state index contributed by atoms with van der Waals surface area (Å²) in [7, 11) is 1.52. The van der Waals surface area contributed by atoms with Crippen molar-refractivity contribution in [3.63, 3.8) is 0 Å². The van der Waals surface area contributed by atoms with Crippen LogP contribution in [0.1, 0.15) is 35.9 Å². The van der Waals surface area contributed by atoms with E-state index in [1.807, 2.05) is 26.0 Å². The second-order valence-electron chi connectivity index (χ2n) is 7.70. The summed E-state index contributed by atoms with van der Waals surface area (Å²) < 4.78 is 11.0. The second-order valence-corrected chi connectivity index (χ2v) is 7.70. The standard InChI is InChI=1S/C23H28N2O5/c1-15(2)12-25-19(13-26)22(30-14-21(25)27)16-8-10-17(11-9-16)24-23(28)18-6-4-5-7-20(18)29-3/h4-11,15,19,22,26H,12-14H2,1-3H3,(H,24,28)/t19-,22-/m1/s1. The molecule has 0 unspecified atom stereocenters. The Morgan fingerprint density at radius 1 is 1.23 bits per heavy atom. The molecule has 2 aromatic rings. The first kappa shape index (κ1) is 21.8. The maximum Gasteiger partial charge on any atom is 0.259 e. The first-order chi connectivity index (χ1) is 14.4. The van der Waals surface area contributed by atoms with E-state index in [-0.39, 0.29) is 30.9 Å². The number of rotatable bonds is 7. The van der Waals surface area contributed by atoms with Gasteiger partial charge >= 0.3 is 0 Å². The molecule has 0 saturated carbocycles. The van der Waals surface area contributed by atoms with Crippen molar-refractivity contribution in [1.82, 2.24) is 4.90 Å². The number of nitrogens with zero attached hydrogens (tertiary/aromatic N) is 1. The molecule has 1 aliphatic heterocycles. The number of aliphatic hydroxyl groups excluding tert-OH is 1. The molecule has 2 atom stereocenters. The zero-order valence-corrected chi connectivity index (χ0v) is 17.5. The average molecular weight is 412 g/mol. The zero-order valence-electron chi connectivity index (χ0n) is 17.5. The Morgan fingerprint density at radius 2 is 1.93 bits per heavy atom. The van der Waals surface area contributed by atoms with E-state index in [0.717, 1.165) is 5.56 Å². The van der Waals surface area contributed by atoms with Gasteiger partial charge < -0.3 is 24.8 Å². The van der Waals surface area contributed by atoms with E-state index in [1.54, 1.807) is 41.3 Å². The molecule has 3 rings (SSSR count). The van der Waals surface area contributed by atoms with Crippen LogP contribution in [0.4, 0.5) is 5.69 Å². The SMILES string of the molecule is COc1ccccc1C(=O)Nc1ccc([C@H]2OCC(=O)N(CC(C)C)[C@@H]2CO)cc1. The summed E-state index contributed by atoms with van der Waals surface area (Å²) in [6.07, 6.45) is -0.426. The van der Waals surface area contributed by atoms with E-state index in [2.05, 4.69) is 5.32 Å². The highest BCUT2D eigenvalue weighted by Gasteiger charge is 2.37. The van der Waals surface area contributed by atoms with Crippen LogP contribution in [-0.2, 0) is 9.53 Å². The molecule has 30 heavy (non-hydrogen) atoms. The Bertz CT molecular complexity index is 881. The van der Waals surface area contributed by atoms with Crippen molar-refractivity contribution in [2.75, 3.05) is 32.2 Å². The summed E-state index contributed by atoms with van der Waals surface area (Å²) in [6.45, 7) is 4.43. The fourth-order valence-corrected chi connectivity index (χ4v) is 3.63. The summed E-state index contributed by atoms with van der Waals surface area (Å²) >= 11 is 0. The summed E-state index contributed by atoms with van der Waals surface area (Å²) in [4.78, 5) is 26.5. The van der Waals surface area contributed by atoms with Crippen molar-refractivity contribution in [1.29, 1.82) is 0 Å². The smallest absolute Gasteiger partial charge is 0.259 e. The monoisotopic (exact) mass is 412 g/mol. The minimum atomic E-state index is -0.442. The first-order valence-corrected chi connectivity index (χ1v) is 10.0. The van der Waals surface area contributed by atoms with E-state index >= 15 is 0 Å². The average Bonchev–Trinajstić information content (AvgIpc) is 2.75. The number of nitrogens with one attached hydrogen (secondary N) is 1. The van der Waals surface area contributed by atoms with Gasteiger partial charge in [-0.05, 0) is 35.7 Å². The number of ether oxygens (including phenoxy) is 2. The van der Waals surface area contributed by atoms with Gasteiger partial charge in [-0.2, -0.15) is 0 Å². The molecule has 2 N–H and O–H groups in total. The van der Waals surface area contributed by atoms with Gasteiger partial charge in [-0.3, -0.25) is 9.59 Å². The molecular formula is C23H28N2O5. The van der Waals surface area contributed by atoms with Gasteiger partial charge in [0.2, 0.25) is 5.91 Å². The van der Waals surface area contributed by atoms with Crippen LogP contribution < -0.4 is 10.1 Å². The van der Waals surface area contributed by atoms with Crippen molar-refractivity contribution in [3.05, 3.63) is 59.7 Å². The first-order valence-electron chi connectivity index (χ1n) is 10.0. The quantitative estimate of drug-likeness (QED) is 0.730. The third kappa shape index (κ3) is 4.80. The molecule has 1 saturated heterocycles. The Morgan fingerprint density at radius 3 is 2.57 bits per heavy atom. The van der Waals surface area contributed by atoms with Crippen LogP contribution in [0.3, 0.4) is 0 Å². The van der Waals surface area contributed by atoms with Gasteiger partial charge in [0.15, 0.2) is 0 Å². The molecule has 0 radical (unpaired) electrons. The molecule has 0 bridgehead atoms. The van der Waals surface area contributed by atoms with Gasteiger partial charge in [0.25, 0.3) is 5.91 Å².